The van der Waals surface area contributed by atoms with E-state index in [1.165, 1.54) is 0 Å². The van der Waals surface area contributed by atoms with Crippen molar-refractivity contribution in [1.29, 1.82) is 0 Å². The van der Waals surface area contributed by atoms with Gasteiger partial charge in [0.15, 0.2) is 0 Å². The number of hydrogen-bond acceptors (Lipinski definition) is 2. The highest BCUT2D eigenvalue weighted by atomic mass is 16.3. The molecule has 1 atom stereocenters. The van der Waals surface area contributed by atoms with E-state index >= 15 is 0 Å². The molecule has 0 aliphatic carbocycles. The molecule has 0 fully saturated rings. The van der Waals surface area contributed by atoms with Crippen LogP contribution in [0.3, 0.4) is 0 Å². The van der Waals surface area contributed by atoms with Crippen LogP contribution in [0, 0.1) is 0 Å². The Morgan fingerprint density at radius 2 is 1.38 bits per heavy atom. The van der Waals surface area contributed by atoms with Crippen LogP contribution in [0.1, 0.15) is 47.0 Å². The van der Waals surface area contributed by atoms with Crippen LogP contribution < -0.4 is 5.32 Å². The average Bonchev–Trinajstić information content (AvgIpc) is 2.68. The summed E-state index contributed by atoms with van der Waals surface area (Å²) in [6, 6.07) is 26.4. The fraction of sp³-hybridized carbons (Fsp3) is 0.174. The minimum Gasteiger partial charge on any atom is -0.384 e. The Bertz CT molecular complexity index is 873. The summed E-state index contributed by atoms with van der Waals surface area (Å²) in [5, 5.41) is 13.8. The van der Waals surface area contributed by atoms with E-state index < -0.39 is 11.6 Å². The van der Waals surface area contributed by atoms with Crippen molar-refractivity contribution in [3.63, 3.8) is 0 Å². The van der Waals surface area contributed by atoms with E-state index in [-0.39, 0.29) is 5.91 Å². The van der Waals surface area contributed by atoms with Gasteiger partial charge in [-0.1, -0.05) is 78.9 Å². The topological polar surface area (TPSA) is 49.3 Å². The summed E-state index contributed by atoms with van der Waals surface area (Å²) in [6.45, 7) is 3.94. The van der Waals surface area contributed by atoms with Crippen LogP contribution in [0.5, 0.6) is 0 Å². The van der Waals surface area contributed by atoms with E-state index in [1.54, 1.807) is 12.1 Å². The van der Waals surface area contributed by atoms with Crippen molar-refractivity contribution in [3.05, 3.63) is 107 Å². The van der Waals surface area contributed by atoms with E-state index in [0.717, 1.165) is 11.1 Å². The number of benzene rings is 3. The van der Waals surface area contributed by atoms with Crippen LogP contribution in [0.4, 0.5) is 0 Å². The van der Waals surface area contributed by atoms with Gasteiger partial charge in [-0.15, -0.1) is 0 Å². The molecular weight excluding hydrogens is 322 g/mol. The molecule has 3 rings (SSSR count). The second kappa shape index (κ2) is 7.54. The van der Waals surface area contributed by atoms with Gasteiger partial charge in [0.25, 0.3) is 5.91 Å². The number of amides is 1. The summed E-state index contributed by atoms with van der Waals surface area (Å²) in [7, 11) is 0. The van der Waals surface area contributed by atoms with Crippen LogP contribution in [0.15, 0.2) is 84.9 Å². The second-order valence-corrected chi connectivity index (χ2v) is 6.85. The van der Waals surface area contributed by atoms with Gasteiger partial charge in [0.05, 0.1) is 5.54 Å². The van der Waals surface area contributed by atoms with Gasteiger partial charge < -0.3 is 10.4 Å². The molecule has 26 heavy (non-hydrogen) atoms. The lowest BCUT2D eigenvalue weighted by Crippen LogP contribution is -2.41. The molecule has 0 heterocycles. The Labute approximate surface area is 154 Å². The third-order valence-corrected chi connectivity index (χ3v) is 4.54. The number of carbonyl (C=O) groups is 1. The summed E-state index contributed by atoms with van der Waals surface area (Å²) in [4.78, 5) is 13.0. The Balaban J connectivity index is 1.89. The number of aliphatic hydroxyl groups excluding tert-OH is 1. The van der Waals surface area contributed by atoms with E-state index in [0.29, 0.717) is 11.1 Å². The smallest absolute Gasteiger partial charge is 0.252 e. The standard InChI is InChI=1S/C23H23NO2/c1-23(2,18-13-7-4-8-14-18)24-22(26)20-16-10-9-15-19(20)21(25)17-11-5-3-6-12-17/h3-16,21,25H,1-2H3,(H,24,26). The Morgan fingerprint density at radius 1 is 0.846 bits per heavy atom. The summed E-state index contributed by atoms with van der Waals surface area (Å²) in [5.41, 5.74) is 2.33. The lowest BCUT2D eigenvalue weighted by atomic mass is 9.92. The first-order chi connectivity index (χ1) is 12.5. The van der Waals surface area contributed by atoms with Gasteiger partial charge in [0.2, 0.25) is 0 Å². The Morgan fingerprint density at radius 3 is 2.04 bits per heavy atom. The normalized spacial score (nSPS) is 12.4. The highest BCUT2D eigenvalue weighted by molar-refractivity contribution is 5.96. The Hall–Kier alpha value is -2.91. The molecule has 0 aromatic heterocycles. The molecule has 1 unspecified atom stereocenters. The first-order valence-electron chi connectivity index (χ1n) is 8.69. The van der Waals surface area contributed by atoms with E-state index in [9.17, 15) is 9.90 Å². The lowest BCUT2D eigenvalue weighted by molar-refractivity contribution is 0.0907. The average molecular weight is 345 g/mol. The molecule has 1 amide bonds. The molecule has 0 aliphatic rings. The van der Waals surface area contributed by atoms with Gasteiger partial charge in [-0.2, -0.15) is 0 Å². The van der Waals surface area contributed by atoms with Gasteiger partial charge >= 0.3 is 0 Å². The van der Waals surface area contributed by atoms with Crippen molar-refractivity contribution >= 4 is 5.91 Å². The third-order valence-electron chi connectivity index (χ3n) is 4.54. The van der Waals surface area contributed by atoms with Gasteiger partial charge in [-0.05, 0) is 36.6 Å². The number of aliphatic hydroxyl groups is 1. The summed E-state index contributed by atoms with van der Waals surface area (Å²) >= 11 is 0. The molecule has 3 aromatic rings. The predicted octanol–water partition coefficient (Wildman–Crippen LogP) is 4.43. The second-order valence-electron chi connectivity index (χ2n) is 6.85. The zero-order valence-corrected chi connectivity index (χ0v) is 15.0. The number of carbonyl (C=O) groups excluding carboxylic acids is 1. The molecular formula is C23H23NO2. The molecule has 0 aliphatic heterocycles. The SMILES string of the molecule is CC(C)(NC(=O)c1ccccc1C(O)c1ccccc1)c1ccccc1. The van der Waals surface area contributed by atoms with Crippen molar-refractivity contribution in [2.24, 2.45) is 0 Å². The first-order valence-corrected chi connectivity index (χ1v) is 8.69. The maximum absolute atomic E-state index is 13.0. The summed E-state index contributed by atoms with van der Waals surface area (Å²) in [5.74, 6) is -0.204. The van der Waals surface area contributed by atoms with Crippen molar-refractivity contribution in [2.45, 2.75) is 25.5 Å². The Kier molecular flexibility index (Phi) is 5.19. The van der Waals surface area contributed by atoms with Crippen LogP contribution in [0.2, 0.25) is 0 Å². The summed E-state index contributed by atoms with van der Waals surface area (Å²) < 4.78 is 0. The monoisotopic (exact) mass is 345 g/mol. The van der Waals surface area contributed by atoms with Gasteiger partial charge in [0, 0.05) is 5.56 Å². The number of nitrogens with one attached hydrogen (secondary N) is 1. The fourth-order valence-corrected chi connectivity index (χ4v) is 3.04. The number of rotatable bonds is 5. The fourth-order valence-electron chi connectivity index (χ4n) is 3.04. The molecule has 0 saturated carbocycles. The highest BCUT2D eigenvalue weighted by Crippen LogP contribution is 2.26. The van der Waals surface area contributed by atoms with Crippen molar-refractivity contribution < 1.29 is 9.90 Å². The zero-order chi connectivity index (χ0) is 18.6. The quantitative estimate of drug-likeness (QED) is 0.718. The van der Waals surface area contributed by atoms with E-state index in [2.05, 4.69) is 5.32 Å². The molecule has 0 radical (unpaired) electrons. The van der Waals surface area contributed by atoms with Crippen molar-refractivity contribution in [2.75, 3.05) is 0 Å². The molecule has 3 heteroatoms. The molecule has 0 bridgehead atoms. The zero-order valence-electron chi connectivity index (χ0n) is 15.0. The lowest BCUT2D eigenvalue weighted by Gasteiger charge is -2.28. The molecule has 3 aromatic carbocycles. The molecule has 132 valence electrons. The first kappa shape index (κ1) is 17.9. The minimum absolute atomic E-state index is 0.204. The van der Waals surface area contributed by atoms with Gasteiger partial charge in [-0.3, -0.25) is 4.79 Å². The molecule has 0 saturated heterocycles. The largest absolute Gasteiger partial charge is 0.384 e. The van der Waals surface area contributed by atoms with Crippen LogP contribution in [0.25, 0.3) is 0 Å². The van der Waals surface area contributed by atoms with Crippen LogP contribution in [-0.2, 0) is 5.54 Å². The predicted molar refractivity (Wildman–Crippen MR) is 104 cm³/mol. The van der Waals surface area contributed by atoms with Crippen LogP contribution >= 0.6 is 0 Å². The molecule has 2 N–H and O–H groups in total. The minimum atomic E-state index is -0.849. The number of hydrogen-bond donors (Lipinski definition) is 2. The van der Waals surface area contributed by atoms with Gasteiger partial charge in [0.1, 0.15) is 6.10 Å². The maximum atomic E-state index is 13.0. The van der Waals surface area contributed by atoms with Crippen molar-refractivity contribution in [1.82, 2.24) is 5.32 Å². The van der Waals surface area contributed by atoms with E-state index in [1.807, 2.05) is 86.6 Å². The highest BCUT2D eigenvalue weighted by Gasteiger charge is 2.25. The van der Waals surface area contributed by atoms with Crippen LogP contribution in [-0.4, -0.2) is 11.0 Å². The molecule has 3 nitrogen and oxygen atoms in total. The molecule has 0 spiro atoms. The maximum Gasteiger partial charge on any atom is 0.252 e. The van der Waals surface area contributed by atoms with Gasteiger partial charge in [-0.25, -0.2) is 0 Å². The summed E-state index contributed by atoms with van der Waals surface area (Å²) in [6.07, 6.45) is -0.849. The van der Waals surface area contributed by atoms with Crippen molar-refractivity contribution in [3.8, 4) is 0 Å². The van der Waals surface area contributed by atoms with E-state index in [4.69, 9.17) is 0 Å². The third kappa shape index (κ3) is 3.84.